The van der Waals surface area contributed by atoms with Gasteiger partial charge in [-0.15, -0.1) is 0 Å². The lowest BCUT2D eigenvalue weighted by molar-refractivity contribution is -0.145. The van der Waals surface area contributed by atoms with Gasteiger partial charge in [0.2, 0.25) is 0 Å². The Labute approximate surface area is 96.8 Å². The van der Waals surface area contributed by atoms with Gasteiger partial charge in [0.25, 0.3) is 10.1 Å². The van der Waals surface area contributed by atoms with E-state index in [4.69, 9.17) is 14.8 Å². The Hall–Kier alpha value is -1.67. The predicted octanol–water partition coefficient (Wildman–Crippen LogP) is 0.264. The molecule has 0 saturated carbocycles. The maximum absolute atomic E-state index is 11.0. The van der Waals surface area contributed by atoms with Gasteiger partial charge in [-0.1, -0.05) is 0 Å². The van der Waals surface area contributed by atoms with E-state index in [0.29, 0.717) is 0 Å². The van der Waals surface area contributed by atoms with Crippen molar-refractivity contribution in [1.29, 1.82) is 0 Å². The SMILES string of the molecule is CC1(C(=O)O)C=C(S(=O)(=O)O)C=C(C(=O)O)C1. The molecule has 3 N–H and O–H groups in total. The molecule has 1 aliphatic carbocycles. The Morgan fingerprint density at radius 1 is 1.35 bits per heavy atom. The van der Waals surface area contributed by atoms with Gasteiger partial charge in [-0.3, -0.25) is 9.35 Å². The van der Waals surface area contributed by atoms with Gasteiger partial charge in [0, 0.05) is 5.57 Å². The second-order valence-electron chi connectivity index (χ2n) is 3.90. The first-order chi connectivity index (χ1) is 7.56. The summed E-state index contributed by atoms with van der Waals surface area (Å²) in [5.41, 5.74) is -2.06. The van der Waals surface area contributed by atoms with Gasteiger partial charge < -0.3 is 10.2 Å². The van der Waals surface area contributed by atoms with E-state index in [1.807, 2.05) is 0 Å². The van der Waals surface area contributed by atoms with E-state index < -0.39 is 32.4 Å². The van der Waals surface area contributed by atoms with Crippen LogP contribution in [0.25, 0.3) is 0 Å². The molecule has 0 fully saturated rings. The highest BCUT2D eigenvalue weighted by molar-refractivity contribution is 7.90. The monoisotopic (exact) mass is 262 g/mol. The maximum Gasteiger partial charge on any atom is 0.331 e. The first-order valence-corrected chi connectivity index (χ1v) is 5.88. The summed E-state index contributed by atoms with van der Waals surface area (Å²) in [4.78, 5) is 21.0. The molecule has 8 heteroatoms. The summed E-state index contributed by atoms with van der Waals surface area (Å²) in [5.74, 6) is -2.79. The zero-order chi connectivity index (χ0) is 13.4. The van der Waals surface area contributed by atoms with Crippen molar-refractivity contribution in [3.63, 3.8) is 0 Å². The van der Waals surface area contributed by atoms with Crippen LogP contribution in [0, 0.1) is 5.41 Å². The highest BCUT2D eigenvalue weighted by Gasteiger charge is 2.38. The van der Waals surface area contributed by atoms with Gasteiger partial charge in [0.1, 0.15) is 0 Å². The van der Waals surface area contributed by atoms with Crippen LogP contribution < -0.4 is 0 Å². The van der Waals surface area contributed by atoms with Crippen LogP contribution in [0.5, 0.6) is 0 Å². The Morgan fingerprint density at radius 3 is 2.24 bits per heavy atom. The van der Waals surface area contributed by atoms with Crippen LogP contribution in [0.4, 0.5) is 0 Å². The van der Waals surface area contributed by atoms with E-state index >= 15 is 0 Å². The molecule has 0 heterocycles. The molecule has 94 valence electrons. The highest BCUT2D eigenvalue weighted by atomic mass is 32.2. The van der Waals surface area contributed by atoms with Crippen molar-refractivity contribution in [2.75, 3.05) is 0 Å². The summed E-state index contributed by atoms with van der Waals surface area (Å²) >= 11 is 0. The summed E-state index contributed by atoms with van der Waals surface area (Å²) in [5, 5.41) is 17.7. The number of carboxylic acid groups (broad SMARTS) is 2. The van der Waals surface area contributed by atoms with Crippen LogP contribution in [-0.2, 0) is 19.7 Å². The second kappa shape index (κ2) is 3.97. The average Bonchev–Trinajstić information content (AvgIpc) is 2.15. The van der Waals surface area contributed by atoms with Crippen molar-refractivity contribution in [1.82, 2.24) is 0 Å². The average molecular weight is 262 g/mol. The number of carboxylic acids is 2. The summed E-state index contributed by atoms with van der Waals surface area (Å²) in [7, 11) is -4.64. The summed E-state index contributed by atoms with van der Waals surface area (Å²) < 4.78 is 30.7. The molecule has 1 rings (SSSR count). The second-order valence-corrected chi connectivity index (χ2v) is 5.32. The first-order valence-electron chi connectivity index (χ1n) is 4.44. The first kappa shape index (κ1) is 13.4. The van der Waals surface area contributed by atoms with Crippen LogP contribution in [0.15, 0.2) is 22.6 Å². The van der Waals surface area contributed by atoms with Gasteiger partial charge in [0.05, 0.1) is 10.3 Å². The molecule has 17 heavy (non-hydrogen) atoms. The van der Waals surface area contributed by atoms with Crippen molar-refractivity contribution < 1.29 is 32.8 Å². The Bertz CT molecular complexity index is 540. The van der Waals surface area contributed by atoms with Gasteiger partial charge in [0.15, 0.2) is 0 Å². The van der Waals surface area contributed by atoms with Crippen molar-refractivity contribution in [3.8, 4) is 0 Å². The van der Waals surface area contributed by atoms with Crippen molar-refractivity contribution in [2.24, 2.45) is 5.41 Å². The molecule has 0 aromatic heterocycles. The molecule has 0 radical (unpaired) electrons. The fourth-order valence-corrected chi connectivity index (χ4v) is 2.15. The molecule has 0 bridgehead atoms. The zero-order valence-electron chi connectivity index (χ0n) is 8.74. The van der Waals surface area contributed by atoms with E-state index in [-0.39, 0.29) is 12.0 Å². The molecule has 1 aliphatic rings. The number of allylic oxidation sites excluding steroid dienone is 1. The summed E-state index contributed by atoms with van der Waals surface area (Å²) in [6.07, 6.45) is 1.23. The Morgan fingerprint density at radius 2 is 1.88 bits per heavy atom. The lowest BCUT2D eigenvalue weighted by atomic mass is 9.80. The largest absolute Gasteiger partial charge is 0.481 e. The van der Waals surface area contributed by atoms with Crippen LogP contribution >= 0.6 is 0 Å². The van der Waals surface area contributed by atoms with Crippen LogP contribution in [-0.4, -0.2) is 35.1 Å². The molecule has 0 spiro atoms. The third-order valence-corrected chi connectivity index (χ3v) is 3.23. The van der Waals surface area contributed by atoms with E-state index in [0.717, 1.165) is 12.2 Å². The number of hydrogen-bond donors (Lipinski definition) is 3. The molecular weight excluding hydrogens is 252 g/mol. The number of carbonyl (C=O) groups is 2. The standard InChI is InChI=1S/C9H10O7S/c1-9(8(12)13)3-5(7(10)11)2-6(4-9)17(14,15)16/h2,4H,3H2,1H3,(H,10,11)(H,12,13)(H,14,15,16). The van der Waals surface area contributed by atoms with Gasteiger partial charge in [-0.05, 0) is 25.5 Å². The smallest absolute Gasteiger partial charge is 0.331 e. The van der Waals surface area contributed by atoms with Crippen molar-refractivity contribution >= 4 is 22.1 Å². The van der Waals surface area contributed by atoms with E-state index in [2.05, 4.69) is 0 Å². The Balaban J connectivity index is 3.41. The number of rotatable bonds is 3. The zero-order valence-corrected chi connectivity index (χ0v) is 9.56. The van der Waals surface area contributed by atoms with Crippen LogP contribution in [0.3, 0.4) is 0 Å². The predicted molar refractivity (Wildman–Crippen MR) is 55.7 cm³/mol. The maximum atomic E-state index is 11.0. The van der Waals surface area contributed by atoms with Gasteiger partial charge in [-0.2, -0.15) is 8.42 Å². The molecule has 7 nitrogen and oxygen atoms in total. The minimum Gasteiger partial charge on any atom is -0.481 e. The third-order valence-electron chi connectivity index (χ3n) is 2.40. The summed E-state index contributed by atoms with van der Waals surface area (Å²) in [6.45, 7) is 1.18. The van der Waals surface area contributed by atoms with Crippen molar-refractivity contribution in [3.05, 3.63) is 22.6 Å². The lowest BCUT2D eigenvalue weighted by Crippen LogP contribution is -2.30. The topological polar surface area (TPSA) is 129 Å². The Kier molecular flexibility index (Phi) is 3.13. The molecule has 1 atom stereocenters. The molecule has 0 aromatic rings. The highest BCUT2D eigenvalue weighted by Crippen LogP contribution is 2.35. The lowest BCUT2D eigenvalue weighted by Gasteiger charge is -2.25. The third kappa shape index (κ3) is 2.71. The summed E-state index contributed by atoms with van der Waals surface area (Å²) in [6, 6.07) is 0. The normalized spacial score (nSPS) is 24.8. The van der Waals surface area contributed by atoms with Crippen LogP contribution in [0.2, 0.25) is 0 Å². The molecular formula is C9H10O7S. The fraction of sp³-hybridized carbons (Fsp3) is 0.333. The minimum absolute atomic E-state index is 0.351. The number of aliphatic carboxylic acids is 2. The molecule has 0 saturated heterocycles. The fourth-order valence-electron chi connectivity index (χ4n) is 1.45. The minimum atomic E-state index is -4.64. The number of hydrogen-bond acceptors (Lipinski definition) is 4. The van der Waals surface area contributed by atoms with E-state index in [1.54, 1.807) is 0 Å². The van der Waals surface area contributed by atoms with Crippen LogP contribution in [0.1, 0.15) is 13.3 Å². The van der Waals surface area contributed by atoms with E-state index in [9.17, 15) is 18.0 Å². The van der Waals surface area contributed by atoms with Crippen molar-refractivity contribution in [2.45, 2.75) is 13.3 Å². The molecule has 0 amide bonds. The van der Waals surface area contributed by atoms with Gasteiger partial charge >= 0.3 is 11.9 Å². The van der Waals surface area contributed by atoms with E-state index in [1.165, 1.54) is 6.92 Å². The molecule has 0 aliphatic heterocycles. The quantitative estimate of drug-likeness (QED) is 0.622. The molecule has 0 aromatic carbocycles. The van der Waals surface area contributed by atoms with Gasteiger partial charge in [-0.25, -0.2) is 4.79 Å². The molecule has 1 unspecified atom stereocenters.